The van der Waals surface area contributed by atoms with Gasteiger partial charge in [-0.25, -0.2) is 0 Å². The predicted octanol–water partition coefficient (Wildman–Crippen LogP) is 14.0. The molecule has 6 rings (SSSR count). The van der Waals surface area contributed by atoms with E-state index in [-0.39, 0.29) is 0 Å². The molecule has 0 aromatic carbocycles. The maximum atomic E-state index is 7.61. The summed E-state index contributed by atoms with van der Waals surface area (Å²) < 4.78 is 7.61. The summed E-state index contributed by atoms with van der Waals surface area (Å²) in [7, 11) is 10.9. The topological polar surface area (TPSA) is 9.23 Å². The zero-order chi connectivity index (χ0) is 31.0. The fraction of sp³-hybridized carbons (Fsp3) is 0.974. The first-order valence-electron chi connectivity index (χ1n) is 20.4. The Morgan fingerprint density at radius 1 is 0.444 bits per heavy atom. The molecule has 0 N–H and O–H groups in total. The molecule has 0 aliphatic heterocycles. The number of rotatable bonds is 11. The van der Waals surface area contributed by atoms with E-state index in [1.54, 1.807) is 38.5 Å². The molecule has 1 nitrogen and oxygen atoms in total. The molecule has 6 aliphatic carbocycles. The van der Waals surface area contributed by atoms with Gasteiger partial charge in [0.2, 0.25) is 0 Å². The van der Waals surface area contributed by atoms with Gasteiger partial charge in [0.05, 0.1) is 0 Å². The fourth-order valence-electron chi connectivity index (χ4n) is 12.9. The van der Waals surface area contributed by atoms with Crippen molar-refractivity contribution in [3.8, 4) is 0 Å². The Balaban J connectivity index is 1.52. The summed E-state index contributed by atoms with van der Waals surface area (Å²) in [4.78, 5) is 2.12. The summed E-state index contributed by atoms with van der Waals surface area (Å²) >= 11 is -2.02. The first kappa shape index (κ1) is 36.7. The number of halogens is 2. The van der Waals surface area contributed by atoms with Gasteiger partial charge in [0.1, 0.15) is 0 Å². The van der Waals surface area contributed by atoms with Gasteiger partial charge in [-0.2, -0.15) is 0 Å². The summed E-state index contributed by atoms with van der Waals surface area (Å²) in [5, 5.41) is 0. The van der Waals surface area contributed by atoms with E-state index in [0.29, 0.717) is 5.85 Å². The van der Waals surface area contributed by atoms with E-state index in [1.165, 1.54) is 160 Å². The van der Waals surface area contributed by atoms with Crippen LogP contribution in [0, 0.1) is 0 Å². The molecule has 6 fully saturated rings. The van der Waals surface area contributed by atoms with Crippen molar-refractivity contribution in [1.29, 1.82) is 0 Å². The molecule has 0 radical (unpaired) electrons. The molecule has 6 heteroatoms. The minimum atomic E-state index is -2.02. The maximum absolute atomic E-state index is 7.61. The normalized spacial score (nSPS) is 28.2. The third-order valence-electron chi connectivity index (χ3n) is 14.6. The van der Waals surface area contributed by atoms with Crippen molar-refractivity contribution in [3.05, 3.63) is 0 Å². The van der Waals surface area contributed by atoms with Crippen LogP contribution in [-0.2, 0) is 18.3 Å². The van der Waals surface area contributed by atoms with E-state index in [0.717, 1.165) is 34.0 Å². The minimum absolute atomic E-state index is 0.486. The monoisotopic (exact) mass is 788 g/mol. The number of hydrogen-bond acceptors (Lipinski definition) is 1. The summed E-state index contributed by atoms with van der Waals surface area (Å²) in [6.07, 6.45) is 46.9. The standard InChI is InChI=1S/C39H70OP2.2ClH.Ru/c1-40-39(42(36-26-14-5-15-27-36,37-28-16-6-17-29-37)38-30-18-7-19-31-38)32-41(33-20-8-2-9-21-33,34-22-10-3-11-23-34)35-24-12-4-13-25-35;;;/h1,33-39H,2-32H2;2*1H;/q+2;;;+2/p-2. The molecule has 0 amide bonds. The van der Waals surface area contributed by atoms with Crippen LogP contribution in [0.3, 0.4) is 0 Å². The second-order valence-corrected chi connectivity index (χ2v) is 31.4. The van der Waals surface area contributed by atoms with Gasteiger partial charge < -0.3 is 0 Å². The molecule has 0 bridgehead atoms. The molecule has 45 heavy (non-hydrogen) atoms. The van der Waals surface area contributed by atoms with Crippen molar-refractivity contribution >= 4 is 38.7 Å². The number of ether oxygens (including phenoxy) is 1. The summed E-state index contributed by atoms with van der Waals surface area (Å²) in [5.41, 5.74) is 6.01. The predicted molar refractivity (Wildman–Crippen MR) is 203 cm³/mol. The van der Waals surface area contributed by atoms with Crippen LogP contribution in [0.5, 0.6) is 0 Å². The van der Waals surface area contributed by atoms with Crippen LogP contribution in [0.2, 0.25) is 0 Å². The second-order valence-electron chi connectivity index (χ2n) is 16.7. The third kappa shape index (κ3) is 8.52. The average molecular weight is 789 g/mol. The Labute approximate surface area is 293 Å². The van der Waals surface area contributed by atoms with E-state index in [1.807, 2.05) is 0 Å². The molecule has 0 spiro atoms. The summed E-state index contributed by atoms with van der Waals surface area (Å²) in [6.45, 7) is 0. The van der Waals surface area contributed by atoms with Crippen molar-refractivity contribution < 1.29 is 18.3 Å². The molecule has 6 saturated carbocycles. The Bertz CT molecular complexity index is 800. The van der Waals surface area contributed by atoms with Gasteiger partial charge in [-0.15, -0.1) is 0 Å². The van der Waals surface area contributed by atoms with Gasteiger partial charge in [0, 0.05) is 0 Å². The molecule has 262 valence electrons. The van der Waals surface area contributed by atoms with Crippen LogP contribution >= 0.6 is 33.9 Å². The van der Waals surface area contributed by atoms with Crippen molar-refractivity contribution in [2.45, 2.75) is 232 Å². The van der Waals surface area contributed by atoms with Crippen LogP contribution < -0.4 is 0 Å². The van der Waals surface area contributed by atoms with Crippen LogP contribution in [-0.4, -0.2) is 50.8 Å². The van der Waals surface area contributed by atoms with Gasteiger partial charge in [-0.1, -0.05) is 0 Å². The van der Waals surface area contributed by atoms with Crippen LogP contribution in [0.1, 0.15) is 193 Å². The number of hydrogen-bond donors (Lipinski definition) is 0. The first-order valence-corrected chi connectivity index (χ1v) is 30.1. The van der Waals surface area contributed by atoms with Gasteiger partial charge in [-0.05, 0) is 0 Å². The molecule has 0 aromatic rings. The first-order chi connectivity index (χ1) is 22.2. The van der Waals surface area contributed by atoms with Crippen molar-refractivity contribution in [1.82, 2.24) is 0 Å². The van der Waals surface area contributed by atoms with Gasteiger partial charge in [0.15, 0.2) is 0 Å². The van der Waals surface area contributed by atoms with Crippen molar-refractivity contribution in [2.24, 2.45) is 0 Å². The molecule has 0 aromatic heterocycles. The molecule has 1 unspecified atom stereocenters. The zero-order valence-electron chi connectivity index (χ0n) is 29.0. The van der Waals surface area contributed by atoms with Crippen LogP contribution in [0.25, 0.3) is 0 Å². The summed E-state index contributed by atoms with van der Waals surface area (Å²) in [5.74, 6) is 0.486. The Morgan fingerprint density at radius 2 is 0.711 bits per heavy atom. The van der Waals surface area contributed by atoms with Crippen molar-refractivity contribution in [3.63, 3.8) is 0 Å². The van der Waals surface area contributed by atoms with E-state index < -0.39 is 28.0 Å². The molecular weight excluding hydrogens is 718 g/mol. The van der Waals surface area contributed by atoms with E-state index in [9.17, 15) is 0 Å². The molecular formula is C39H70Cl2OP2Ru+2. The molecule has 1 atom stereocenters. The van der Waals surface area contributed by atoms with Crippen LogP contribution in [0.4, 0.5) is 0 Å². The average Bonchev–Trinajstić information content (AvgIpc) is 3.12. The molecule has 0 saturated heterocycles. The van der Waals surface area contributed by atoms with Crippen molar-refractivity contribution in [2.75, 3.05) is 6.16 Å². The van der Waals surface area contributed by atoms with Gasteiger partial charge >= 0.3 is 296 Å². The third-order valence-corrected chi connectivity index (χ3v) is 29.4. The second kappa shape index (κ2) is 18.4. The Morgan fingerprint density at radius 3 is 0.978 bits per heavy atom. The SMILES string of the molecule is [Cl][Ru]([Cl])=[CH]OC(C[P+](C1CCCCC1)(C1CCCCC1)C1CCCCC1)[P+](C1CCCCC1)(C1CCCCC1)C1CCCCC1. The van der Waals surface area contributed by atoms with Gasteiger partial charge in [-0.3, -0.25) is 0 Å². The van der Waals surface area contributed by atoms with E-state index >= 15 is 0 Å². The van der Waals surface area contributed by atoms with E-state index in [2.05, 4.69) is 4.80 Å². The van der Waals surface area contributed by atoms with Gasteiger partial charge in [0.25, 0.3) is 0 Å². The van der Waals surface area contributed by atoms with Crippen LogP contribution in [0.15, 0.2) is 0 Å². The zero-order valence-corrected chi connectivity index (χ0v) is 34.0. The fourth-order valence-corrected chi connectivity index (χ4v) is 30.5. The molecule has 0 heterocycles. The molecule has 6 aliphatic rings. The quantitative estimate of drug-likeness (QED) is 0.150. The Hall–Kier alpha value is 1.89. The van der Waals surface area contributed by atoms with E-state index in [4.69, 9.17) is 24.1 Å². The summed E-state index contributed by atoms with van der Waals surface area (Å²) in [6, 6.07) is 0. The Kier molecular flexibility index (Phi) is 15.0.